The Morgan fingerprint density at radius 3 is 2.62 bits per heavy atom. The van der Waals surface area contributed by atoms with Crippen molar-refractivity contribution >= 4 is 11.9 Å². The molecule has 0 radical (unpaired) electrons. The molecule has 1 fully saturated rings. The van der Waals surface area contributed by atoms with E-state index >= 15 is 0 Å². The maximum atomic E-state index is 11.0. The minimum Gasteiger partial charge on any atom is -0.481 e. The first-order chi connectivity index (χ1) is 9.99. The topological polar surface area (TPSA) is 74.6 Å². The van der Waals surface area contributed by atoms with E-state index < -0.39 is 11.9 Å². The van der Waals surface area contributed by atoms with Gasteiger partial charge in [-0.05, 0) is 54.7 Å². The molecule has 1 aromatic rings. The Morgan fingerprint density at radius 2 is 1.95 bits per heavy atom. The number of rotatable bonds is 6. The first-order valence-corrected chi connectivity index (χ1v) is 7.51. The molecule has 1 aliphatic carbocycles. The summed E-state index contributed by atoms with van der Waals surface area (Å²) >= 11 is 0. The largest absolute Gasteiger partial charge is 0.481 e. The third-order valence-electron chi connectivity index (χ3n) is 4.59. The monoisotopic (exact) mass is 290 g/mol. The number of hydrogen-bond donors (Lipinski definition) is 2. The van der Waals surface area contributed by atoms with Crippen LogP contribution < -0.4 is 0 Å². The van der Waals surface area contributed by atoms with Crippen molar-refractivity contribution in [3.63, 3.8) is 0 Å². The van der Waals surface area contributed by atoms with Gasteiger partial charge in [0.05, 0.1) is 0 Å². The van der Waals surface area contributed by atoms with Crippen molar-refractivity contribution in [2.45, 2.75) is 51.4 Å². The summed E-state index contributed by atoms with van der Waals surface area (Å²) in [7, 11) is 0. The molecule has 2 N–H and O–H groups in total. The first kappa shape index (κ1) is 15.5. The van der Waals surface area contributed by atoms with Gasteiger partial charge in [0.25, 0.3) is 0 Å². The standard InChI is InChI=1S/C17H22O4/c1-11-12(8-9-16(18)19)4-2-6-14(11)15-7-3-5-13(15)10-17(20)21/h2,4,6,13,15H,3,5,7-10H2,1H3,(H,18,19)(H,20,21). The smallest absolute Gasteiger partial charge is 0.303 e. The van der Waals surface area contributed by atoms with E-state index in [0.717, 1.165) is 30.4 Å². The van der Waals surface area contributed by atoms with Crippen molar-refractivity contribution in [2.75, 3.05) is 0 Å². The van der Waals surface area contributed by atoms with Crippen molar-refractivity contribution in [3.05, 3.63) is 34.9 Å². The van der Waals surface area contributed by atoms with Gasteiger partial charge >= 0.3 is 11.9 Å². The Morgan fingerprint density at radius 1 is 1.19 bits per heavy atom. The van der Waals surface area contributed by atoms with Crippen LogP contribution in [0.3, 0.4) is 0 Å². The number of carbonyl (C=O) groups is 2. The summed E-state index contributed by atoms with van der Waals surface area (Å²) in [4.78, 5) is 21.7. The maximum absolute atomic E-state index is 11.0. The predicted octanol–water partition coefficient (Wildman–Crippen LogP) is 3.37. The van der Waals surface area contributed by atoms with Gasteiger partial charge in [-0.25, -0.2) is 0 Å². The van der Waals surface area contributed by atoms with Gasteiger partial charge in [0.1, 0.15) is 0 Å². The van der Waals surface area contributed by atoms with E-state index in [9.17, 15) is 9.59 Å². The molecular formula is C17H22O4. The fourth-order valence-corrected chi connectivity index (χ4v) is 3.53. The van der Waals surface area contributed by atoms with E-state index in [1.807, 2.05) is 19.1 Å². The molecular weight excluding hydrogens is 268 g/mol. The van der Waals surface area contributed by atoms with Crippen LogP contribution in [0, 0.1) is 12.8 Å². The van der Waals surface area contributed by atoms with E-state index in [-0.39, 0.29) is 18.8 Å². The lowest BCUT2D eigenvalue weighted by atomic mass is 9.83. The zero-order chi connectivity index (χ0) is 15.4. The average molecular weight is 290 g/mol. The Kier molecular flexibility index (Phi) is 4.99. The van der Waals surface area contributed by atoms with Gasteiger partial charge < -0.3 is 10.2 Å². The van der Waals surface area contributed by atoms with Gasteiger partial charge in [0.15, 0.2) is 0 Å². The highest BCUT2D eigenvalue weighted by Crippen LogP contribution is 2.43. The second kappa shape index (κ2) is 6.74. The van der Waals surface area contributed by atoms with Crippen LogP contribution in [-0.2, 0) is 16.0 Å². The molecule has 0 bridgehead atoms. The fraction of sp³-hybridized carbons (Fsp3) is 0.529. The Hall–Kier alpha value is -1.84. The maximum Gasteiger partial charge on any atom is 0.303 e. The van der Waals surface area contributed by atoms with Crippen molar-refractivity contribution in [3.8, 4) is 0 Å². The molecule has 4 heteroatoms. The number of hydrogen-bond acceptors (Lipinski definition) is 2. The molecule has 114 valence electrons. The molecule has 1 aromatic carbocycles. The van der Waals surface area contributed by atoms with E-state index in [4.69, 9.17) is 10.2 Å². The highest BCUT2D eigenvalue weighted by Gasteiger charge is 2.31. The van der Waals surface area contributed by atoms with Crippen LogP contribution in [0.5, 0.6) is 0 Å². The van der Waals surface area contributed by atoms with Gasteiger partial charge in [0.2, 0.25) is 0 Å². The summed E-state index contributed by atoms with van der Waals surface area (Å²) in [6, 6.07) is 6.02. The number of carboxylic acid groups (broad SMARTS) is 2. The quantitative estimate of drug-likeness (QED) is 0.842. The van der Waals surface area contributed by atoms with Crippen LogP contribution in [0.1, 0.15) is 54.7 Å². The third-order valence-corrected chi connectivity index (χ3v) is 4.59. The van der Waals surface area contributed by atoms with Gasteiger partial charge in [-0.15, -0.1) is 0 Å². The number of aliphatic carboxylic acids is 2. The zero-order valence-electron chi connectivity index (χ0n) is 12.3. The predicted molar refractivity (Wildman–Crippen MR) is 79.5 cm³/mol. The van der Waals surface area contributed by atoms with Gasteiger partial charge in [-0.3, -0.25) is 9.59 Å². The Labute approximate surface area is 124 Å². The summed E-state index contributed by atoms with van der Waals surface area (Å²) < 4.78 is 0. The minimum atomic E-state index is -0.788. The molecule has 0 aliphatic heterocycles. The molecule has 4 nitrogen and oxygen atoms in total. The normalized spacial score (nSPS) is 21.4. The number of benzene rings is 1. The van der Waals surface area contributed by atoms with Gasteiger partial charge in [-0.2, -0.15) is 0 Å². The van der Waals surface area contributed by atoms with Crippen LogP contribution in [0.25, 0.3) is 0 Å². The highest BCUT2D eigenvalue weighted by atomic mass is 16.4. The molecule has 1 aliphatic rings. The molecule has 2 unspecified atom stereocenters. The second-order valence-corrected chi connectivity index (χ2v) is 5.92. The van der Waals surface area contributed by atoms with Gasteiger partial charge in [-0.1, -0.05) is 24.6 Å². The van der Waals surface area contributed by atoms with Crippen LogP contribution in [0.2, 0.25) is 0 Å². The summed E-state index contributed by atoms with van der Waals surface area (Å²) in [6.45, 7) is 2.03. The van der Waals surface area contributed by atoms with Crippen molar-refractivity contribution in [1.29, 1.82) is 0 Å². The van der Waals surface area contributed by atoms with Crippen molar-refractivity contribution in [1.82, 2.24) is 0 Å². The van der Waals surface area contributed by atoms with Crippen LogP contribution >= 0.6 is 0 Å². The summed E-state index contributed by atoms with van der Waals surface area (Å²) in [6.07, 6.45) is 3.96. The lowest BCUT2D eigenvalue weighted by molar-refractivity contribution is -0.138. The van der Waals surface area contributed by atoms with Crippen LogP contribution in [0.15, 0.2) is 18.2 Å². The Balaban J connectivity index is 2.20. The highest BCUT2D eigenvalue weighted by molar-refractivity contribution is 5.67. The van der Waals surface area contributed by atoms with Crippen LogP contribution in [0.4, 0.5) is 0 Å². The van der Waals surface area contributed by atoms with E-state index in [1.54, 1.807) is 0 Å². The molecule has 2 rings (SSSR count). The van der Waals surface area contributed by atoms with Crippen molar-refractivity contribution in [2.24, 2.45) is 5.92 Å². The van der Waals surface area contributed by atoms with Gasteiger partial charge in [0, 0.05) is 12.8 Å². The molecule has 2 atom stereocenters. The number of carboxylic acids is 2. The average Bonchev–Trinajstić information content (AvgIpc) is 2.84. The summed E-state index contributed by atoms with van der Waals surface area (Å²) in [5.74, 6) is -1.02. The molecule has 0 saturated heterocycles. The van der Waals surface area contributed by atoms with E-state index in [1.165, 1.54) is 5.56 Å². The minimum absolute atomic E-state index is 0.132. The molecule has 0 heterocycles. The fourth-order valence-electron chi connectivity index (χ4n) is 3.53. The Bertz CT molecular complexity index is 536. The molecule has 1 saturated carbocycles. The van der Waals surface area contributed by atoms with E-state index in [0.29, 0.717) is 12.3 Å². The molecule has 0 spiro atoms. The zero-order valence-corrected chi connectivity index (χ0v) is 12.3. The molecule has 0 amide bonds. The molecule has 0 aromatic heterocycles. The SMILES string of the molecule is Cc1c(CCC(=O)O)cccc1C1CCCC1CC(=O)O. The van der Waals surface area contributed by atoms with Crippen LogP contribution in [-0.4, -0.2) is 22.2 Å². The second-order valence-electron chi connectivity index (χ2n) is 5.92. The lowest BCUT2D eigenvalue weighted by Crippen LogP contribution is -2.13. The van der Waals surface area contributed by atoms with E-state index in [2.05, 4.69) is 6.07 Å². The third kappa shape index (κ3) is 3.84. The summed E-state index contributed by atoms with van der Waals surface area (Å²) in [5.41, 5.74) is 3.42. The summed E-state index contributed by atoms with van der Waals surface area (Å²) in [5, 5.41) is 17.9. The van der Waals surface area contributed by atoms with Crippen molar-refractivity contribution < 1.29 is 19.8 Å². The lowest BCUT2D eigenvalue weighted by Gasteiger charge is -2.22. The number of aryl methyl sites for hydroxylation is 1. The first-order valence-electron chi connectivity index (χ1n) is 7.51. The molecule has 21 heavy (non-hydrogen) atoms.